The highest BCUT2D eigenvalue weighted by Gasteiger charge is 2.10. The van der Waals surface area contributed by atoms with Crippen LogP contribution in [0.5, 0.6) is 0 Å². The molecule has 1 saturated heterocycles. The third-order valence-corrected chi connectivity index (χ3v) is 1.49. The van der Waals surface area contributed by atoms with Crippen LogP contribution >= 0.6 is 0 Å². The third-order valence-electron chi connectivity index (χ3n) is 1.49. The number of hydrogen-bond donors (Lipinski definition) is 0. The van der Waals surface area contributed by atoms with Crippen LogP contribution in [0.25, 0.3) is 0 Å². The standard InChI is InChI=1S/C6H13N.C2H6/c1-2-4-7-5-3-6-7;1-2/h2-6H2,1H3;1-2H3. The van der Waals surface area contributed by atoms with E-state index in [0.29, 0.717) is 0 Å². The molecular weight excluding hydrogens is 110 g/mol. The van der Waals surface area contributed by atoms with Gasteiger partial charge in [-0.3, -0.25) is 0 Å². The van der Waals surface area contributed by atoms with Gasteiger partial charge in [-0.25, -0.2) is 0 Å². The van der Waals surface area contributed by atoms with Gasteiger partial charge in [-0.05, 0) is 32.5 Å². The molecule has 0 atom stereocenters. The monoisotopic (exact) mass is 129 g/mol. The first kappa shape index (κ1) is 8.96. The fourth-order valence-corrected chi connectivity index (χ4v) is 0.922. The Balaban J connectivity index is 0.000000291. The SMILES string of the molecule is CC.CCCN1CCC1. The lowest BCUT2D eigenvalue weighted by atomic mass is 10.2. The molecule has 1 heteroatoms. The van der Waals surface area contributed by atoms with Gasteiger partial charge in [0.15, 0.2) is 0 Å². The smallest absolute Gasteiger partial charge is 0.000654 e. The van der Waals surface area contributed by atoms with Crippen LogP contribution in [0.2, 0.25) is 0 Å². The van der Waals surface area contributed by atoms with E-state index in [0.717, 1.165) is 0 Å². The van der Waals surface area contributed by atoms with Crippen molar-refractivity contribution in [3.8, 4) is 0 Å². The Morgan fingerprint density at radius 2 is 1.78 bits per heavy atom. The van der Waals surface area contributed by atoms with E-state index in [2.05, 4.69) is 11.8 Å². The van der Waals surface area contributed by atoms with Crippen LogP contribution < -0.4 is 0 Å². The fraction of sp³-hybridized carbons (Fsp3) is 1.00. The number of likely N-dealkylation sites (tertiary alicyclic amines) is 1. The van der Waals surface area contributed by atoms with E-state index in [1.54, 1.807) is 0 Å². The first-order chi connectivity index (χ1) is 4.43. The number of nitrogens with zero attached hydrogens (tertiary/aromatic N) is 1. The predicted molar refractivity (Wildman–Crippen MR) is 42.7 cm³/mol. The van der Waals surface area contributed by atoms with Crippen LogP contribution in [-0.2, 0) is 0 Å². The molecule has 0 N–H and O–H groups in total. The van der Waals surface area contributed by atoms with E-state index in [4.69, 9.17) is 0 Å². The summed E-state index contributed by atoms with van der Waals surface area (Å²) in [6.45, 7) is 10.3. The zero-order valence-electron chi connectivity index (χ0n) is 6.98. The van der Waals surface area contributed by atoms with E-state index < -0.39 is 0 Å². The molecule has 0 radical (unpaired) electrons. The van der Waals surface area contributed by atoms with Crippen molar-refractivity contribution in [2.45, 2.75) is 33.6 Å². The van der Waals surface area contributed by atoms with Crippen molar-refractivity contribution < 1.29 is 0 Å². The van der Waals surface area contributed by atoms with E-state index in [9.17, 15) is 0 Å². The number of rotatable bonds is 2. The van der Waals surface area contributed by atoms with E-state index in [1.807, 2.05) is 13.8 Å². The molecule has 0 aromatic carbocycles. The summed E-state index contributed by atoms with van der Waals surface area (Å²) in [5.74, 6) is 0. The second-order valence-corrected chi connectivity index (χ2v) is 2.20. The summed E-state index contributed by atoms with van der Waals surface area (Å²) >= 11 is 0. The predicted octanol–water partition coefficient (Wildman–Crippen LogP) is 2.13. The molecule has 0 aromatic heterocycles. The van der Waals surface area contributed by atoms with Gasteiger partial charge < -0.3 is 4.90 Å². The van der Waals surface area contributed by atoms with Crippen LogP contribution in [0, 0.1) is 0 Å². The maximum atomic E-state index is 2.49. The zero-order valence-corrected chi connectivity index (χ0v) is 6.98. The molecule has 1 aliphatic rings. The molecule has 0 aliphatic carbocycles. The molecule has 56 valence electrons. The molecule has 0 spiro atoms. The van der Waals surface area contributed by atoms with Gasteiger partial charge in [-0.1, -0.05) is 20.8 Å². The van der Waals surface area contributed by atoms with Gasteiger partial charge in [0.05, 0.1) is 0 Å². The van der Waals surface area contributed by atoms with Gasteiger partial charge in [0.25, 0.3) is 0 Å². The lowest BCUT2D eigenvalue weighted by molar-refractivity contribution is 0.182. The van der Waals surface area contributed by atoms with Gasteiger partial charge in [0, 0.05) is 0 Å². The van der Waals surface area contributed by atoms with Crippen molar-refractivity contribution in [1.82, 2.24) is 4.90 Å². The summed E-state index contributed by atoms with van der Waals surface area (Å²) in [5, 5.41) is 0. The van der Waals surface area contributed by atoms with Gasteiger partial charge in [0.2, 0.25) is 0 Å². The third kappa shape index (κ3) is 3.52. The minimum Gasteiger partial charge on any atom is -0.303 e. The van der Waals surface area contributed by atoms with Gasteiger partial charge in [-0.2, -0.15) is 0 Å². The largest absolute Gasteiger partial charge is 0.303 e. The zero-order chi connectivity index (χ0) is 7.11. The second kappa shape index (κ2) is 6.09. The maximum Gasteiger partial charge on any atom is -0.000654 e. The average Bonchev–Trinajstić information content (AvgIpc) is 1.84. The van der Waals surface area contributed by atoms with Crippen molar-refractivity contribution in [3.63, 3.8) is 0 Å². The molecule has 0 saturated carbocycles. The average molecular weight is 129 g/mol. The van der Waals surface area contributed by atoms with Crippen molar-refractivity contribution in [2.24, 2.45) is 0 Å². The summed E-state index contributed by atoms with van der Waals surface area (Å²) in [6.07, 6.45) is 2.75. The lowest BCUT2D eigenvalue weighted by Gasteiger charge is -2.29. The molecule has 1 aliphatic heterocycles. The fourth-order valence-electron chi connectivity index (χ4n) is 0.922. The quantitative estimate of drug-likeness (QED) is 0.552. The summed E-state index contributed by atoms with van der Waals surface area (Å²) in [5.41, 5.74) is 0. The Hall–Kier alpha value is -0.0400. The van der Waals surface area contributed by atoms with Crippen molar-refractivity contribution >= 4 is 0 Å². The highest BCUT2D eigenvalue weighted by molar-refractivity contribution is 4.66. The molecule has 0 aromatic rings. The molecule has 0 amide bonds. The molecule has 0 bridgehead atoms. The Labute approximate surface area is 59.1 Å². The summed E-state index contributed by atoms with van der Waals surface area (Å²) in [6, 6.07) is 0. The summed E-state index contributed by atoms with van der Waals surface area (Å²) in [4.78, 5) is 2.49. The molecule has 1 heterocycles. The van der Waals surface area contributed by atoms with Crippen LogP contribution in [-0.4, -0.2) is 24.5 Å². The minimum atomic E-state index is 1.32. The van der Waals surface area contributed by atoms with Crippen molar-refractivity contribution in [1.29, 1.82) is 0 Å². The van der Waals surface area contributed by atoms with Crippen LogP contribution in [0.3, 0.4) is 0 Å². The Bertz CT molecular complexity index is 48.5. The van der Waals surface area contributed by atoms with Gasteiger partial charge >= 0.3 is 0 Å². The molecule has 0 unspecified atom stereocenters. The Morgan fingerprint density at radius 1 is 1.22 bits per heavy atom. The van der Waals surface area contributed by atoms with E-state index >= 15 is 0 Å². The van der Waals surface area contributed by atoms with Gasteiger partial charge in [-0.15, -0.1) is 0 Å². The van der Waals surface area contributed by atoms with E-state index in [-0.39, 0.29) is 0 Å². The maximum absolute atomic E-state index is 2.49. The van der Waals surface area contributed by atoms with Gasteiger partial charge in [0.1, 0.15) is 0 Å². The lowest BCUT2D eigenvalue weighted by Crippen LogP contribution is -2.37. The van der Waals surface area contributed by atoms with Crippen LogP contribution in [0.15, 0.2) is 0 Å². The Kier molecular flexibility index (Phi) is 6.06. The summed E-state index contributed by atoms with van der Waals surface area (Å²) in [7, 11) is 0. The highest BCUT2D eigenvalue weighted by Crippen LogP contribution is 2.04. The van der Waals surface area contributed by atoms with Crippen molar-refractivity contribution in [2.75, 3.05) is 19.6 Å². The Morgan fingerprint density at radius 3 is 1.89 bits per heavy atom. The highest BCUT2D eigenvalue weighted by atomic mass is 15.2. The molecule has 1 fully saturated rings. The molecular formula is C8H19N. The molecule has 9 heavy (non-hydrogen) atoms. The minimum absolute atomic E-state index is 1.32. The molecule has 1 nitrogen and oxygen atoms in total. The topological polar surface area (TPSA) is 3.24 Å². The number of hydrogen-bond acceptors (Lipinski definition) is 1. The van der Waals surface area contributed by atoms with Crippen molar-refractivity contribution in [3.05, 3.63) is 0 Å². The second-order valence-electron chi connectivity index (χ2n) is 2.20. The summed E-state index contributed by atoms with van der Waals surface area (Å²) < 4.78 is 0. The van der Waals surface area contributed by atoms with E-state index in [1.165, 1.54) is 32.5 Å². The first-order valence-electron chi connectivity index (χ1n) is 4.16. The normalized spacial score (nSPS) is 17.7. The molecule has 1 rings (SSSR count). The van der Waals surface area contributed by atoms with Crippen LogP contribution in [0.1, 0.15) is 33.6 Å². The first-order valence-corrected chi connectivity index (χ1v) is 4.16. The van der Waals surface area contributed by atoms with Crippen LogP contribution in [0.4, 0.5) is 0 Å².